The number of amides is 1. The lowest BCUT2D eigenvalue weighted by atomic mass is 10.5. The van der Waals surface area contributed by atoms with E-state index in [-0.39, 0.29) is 0 Å². The fraction of sp³-hybridized carbons (Fsp3) is 0.429. The van der Waals surface area contributed by atoms with E-state index in [4.69, 9.17) is 0 Å². The smallest absolute Gasteiger partial charge is 0.412 e. The van der Waals surface area contributed by atoms with E-state index >= 15 is 0 Å². The third kappa shape index (κ3) is 1.94. The largest absolute Gasteiger partial charge is 0.453 e. The number of aryl methyl sites for hydroxylation is 2. The van der Waals surface area contributed by atoms with E-state index in [1.807, 2.05) is 13.8 Å². The van der Waals surface area contributed by atoms with E-state index in [1.54, 1.807) is 0 Å². The lowest BCUT2D eigenvalue weighted by Crippen LogP contribution is -2.10. The predicted octanol–water partition coefficient (Wildman–Crippen LogP) is 1.94. The van der Waals surface area contributed by atoms with Crippen molar-refractivity contribution in [2.24, 2.45) is 0 Å². The average Bonchev–Trinajstić information content (AvgIpc) is 2.30. The van der Waals surface area contributed by atoms with Crippen LogP contribution in [0.2, 0.25) is 0 Å². The SMILES string of the molecule is COC(=O)Nc1sc(C)nc1C. The van der Waals surface area contributed by atoms with Gasteiger partial charge in [0.05, 0.1) is 17.8 Å². The van der Waals surface area contributed by atoms with Crippen LogP contribution in [0.4, 0.5) is 9.80 Å². The molecule has 0 bridgehead atoms. The number of rotatable bonds is 1. The molecule has 0 aliphatic rings. The molecule has 4 nitrogen and oxygen atoms in total. The zero-order valence-electron chi connectivity index (χ0n) is 7.17. The highest BCUT2D eigenvalue weighted by Crippen LogP contribution is 2.22. The number of nitrogens with one attached hydrogen (secondary N) is 1. The molecule has 0 unspecified atom stereocenters. The van der Waals surface area contributed by atoms with Gasteiger partial charge in [0.2, 0.25) is 0 Å². The number of carbonyl (C=O) groups excluding carboxylic acids is 1. The number of hydrogen-bond acceptors (Lipinski definition) is 4. The van der Waals surface area contributed by atoms with Crippen molar-refractivity contribution in [3.05, 3.63) is 10.7 Å². The van der Waals surface area contributed by atoms with Crippen molar-refractivity contribution in [2.45, 2.75) is 13.8 Å². The third-order valence-corrected chi connectivity index (χ3v) is 2.29. The number of nitrogens with zero attached hydrogens (tertiary/aromatic N) is 1. The summed E-state index contributed by atoms with van der Waals surface area (Å²) in [5.74, 6) is 0. The van der Waals surface area contributed by atoms with Gasteiger partial charge in [-0.15, -0.1) is 11.3 Å². The molecule has 1 amide bonds. The summed E-state index contributed by atoms with van der Waals surface area (Å²) in [6.45, 7) is 3.73. The Balaban J connectivity index is 2.75. The number of aromatic nitrogens is 1. The molecule has 0 spiro atoms. The normalized spacial score (nSPS) is 9.58. The standard InChI is InChI=1S/C7H10N2O2S/c1-4-6(9-7(10)11-3)12-5(2)8-4/h1-3H3,(H,9,10). The average molecular weight is 186 g/mol. The topological polar surface area (TPSA) is 51.2 Å². The van der Waals surface area contributed by atoms with Gasteiger partial charge in [0.15, 0.2) is 0 Å². The molecule has 1 heterocycles. The molecule has 0 radical (unpaired) electrons. The van der Waals surface area contributed by atoms with Gasteiger partial charge in [0, 0.05) is 0 Å². The molecule has 5 heteroatoms. The van der Waals surface area contributed by atoms with Crippen molar-refractivity contribution in [1.29, 1.82) is 0 Å². The molecular weight excluding hydrogens is 176 g/mol. The molecule has 12 heavy (non-hydrogen) atoms. The number of methoxy groups -OCH3 is 1. The second-order valence-corrected chi connectivity index (χ2v) is 3.47. The van der Waals surface area contributed by atoms with Crippen LogP contribution in [0, 0.1) is 13.8 Å². The van der Waals surface area contributed by atoms with Gasteiger partial charge in [-0.25, -0.2) is 9.78 Å². The van der Waals surface area contributed by atoms with Gasteiger partial charge < -0.3 is 4.74 Å². The summed E-state index contributed by atoms with van der Waals surface area (Å²) in [7, 11) is 1.33. The highest BCUT2D eigenvalue weighted by Gasteiger charge is 2.07. The lowest BCUT2D eigenvalue weighted by Gasteiger charge is -1.99. The Hall–Kier alpha value is -1.10. The van der Waals surface area contributed by atoms with Crippen LogP contribution < -0.4 is 5.32 Å². The molecular formula is C7H10N2O2S. The number of anilines is 1. The van der Waals surface area contributed by atoms with Crippen LogP contribution in [0.3, 0.4) is 0 Å². The molecule has 0 aliphatic heterocycles. The summed E-state index contributed by atoms with van der Waals surface area (Å²) in [6.07, 6.45) is -0.457. The van der Waals surface area contributed by atoms with Gasteiger partial charge >= 0.3 is 6.09 Å². The molecule has 0 aliphatic carbocycles. The van der Waals surface area contributed by atoms with E-state index in [0.717, 1.165) is 15.7 Å². The third-order valence-electron chi connectivity index (χ3n) is 1.30. The molecule has 1 rings (SSSR count). The maximum absolute atomic E-state index is 10.8. The fourth-order valence-electron chi connectivity index (χ4n) is 0.791. The van der Waals surface area contributed by atoms with Crippen LogP contribution in [0.1, 0.15) is 10.7 Å². The first-order valence-electron chi connectivity index (χ1n) is 3.42. The van der Waals surface area contributed by atoms with E-state index in [9.17, 15) is 4.79 Å². The first-order chi connectivity index (χ1) is 5.63. The molecule has 0 fully saturated rings. The van der Waals surface area contributed by atoms with Gasteiger partial charge in [-0.2, -0.15) is 0 Å². The second-order valence-electron chi connectivity index (χ2n) is 2.26. The zero-order chi connectivity index (χ0) is 9.14. The van der Waals surface area contributed by atoms with E-state index in [2.05, 4.69) is 15.0 Å². The summed E-state index contributed by atoms with van der Waals surface area (Å²) < 4.78 is 4.45. The Morgan fingerprint density at radius 3 is 2.67 bits per heavy atom. The van der Waals surface area contributed by atoms with Crippen molar-refractivity contribution < 1.29 is 9.53 Å². The lowest BCUT2D eigenvalue weighted by molar-refractivity contribution is 0.187. The highest BCUT2D eigenvalue weighted by molar-refractivity contribution is 7.16. The van der Waals surface area contributed by atoms with Crippen LogP contribution in [0.15, 0.2) is 0 Å². The molecule has 1 N–H and O–H groups in total. The summed E-state index contributed by atoms with van der Waals surface area (Å²) in [4.78, 5) is 14.9. The molecule has 0 saturated heterocycles. The van der Waals surface area contributed by atoms with E-state index < -0.39 is 6.09 Å². The van der Waals surface area contributed by atoms with Crippen molar-refractivity contribution in [3.8, 4) is 0 Å². The van der Waals surface area contributed by atoms with E-state index in [0.29, 0.717) is 0 Å². The summed E-state index contributed by atoms with van der Waals surface area (Å²) in [5.41, 5.74) is 0.822. The van der Waals surface area contributed by atoms with Crippen LogP contribution in [-0.2, 0) is 4.74 Å². The van der Waals surface area contributed by atoms with Crippen LogP contribution in [-0.4, -0.2) is 18.2 Å². The number of carbonyl (C=O) groups is 1. The van der Waals surface area contributed by atoms with E-state index in [1.165, 1.54) is 18.4 Å². The van der Waals surface area contributed by atoms with Gasteiger partial charge in [0.1, 0.15) is 5.00 Å². The maximum atomic E-state index is 10.8. The summed E-state index contributed by atoms with van der Waals surface area (Å²) in [5, 5.41) is 4.25. The minimum Gasteiger partial charge on any atom is -0.453 e. The van der Waals surface area contributed by atoms with Crippen LogP contribution in [0.5, 0.6) is 0 Å². The number of hydrogen-bond donors (Lipinski definition) is 1. The second kappa shape index (κ2) is 3.53. The monoisotopic (exact) mass is 186 g/mol. The minimum absolute atomic E-state index is 0.457. The zero-order valence-corrected chi connectivity index (χ0v) is 7.99. The van der Waals surface area contributed by atoms with Gasteiger partial charge in [0.25, 0.3) is 0 Å². The molecule has 1 aromatic heterocycles. The fourth-order valence-corrected chi connectivity index (χ4v) is 1.60. The molecule has 0 saturated carbocycles. The van der Waals surface area contributed by atoms with Crippen molar-refractivity contribution in [3.63, 3.8) is 0 Å². The van der Waals surface area contributed by atoms with Gasteiger partial charge in [-0.3, -0.25) is 5.32 Å². The Bertz CT molecular complexity index is 296. The van der Waals surface area contributed by atoms with Crippen molar-refractivity contribution >= 4 is 22.4 Å². The Morgan fingerprint density at radius 2 is 2.25 bits per heavy atom. The first-order valence-corrected chi connectivity index (χ1v) is 4.24. The predicted molar refractivity (Wildman–Crippen MR) is 47.6 cm³/mol. The quantitative estimate of drug-likeness (QED) is 0.729. The Labute approximate surface area is 74.6 Å². The molecule has 1 aromatic rings. The maximum Gasteiger partial charge on any atom is 0.412 e. The summed E-state index contributed by atoms with van der Waals surface area (Å²) in [6, 6.07) is 0. The summed E-state index contributed by atoms with van der Waals surface area (Å²) >= 11 is 1.43. The van der Waals surface area contributed by atoms with Crippen LogP contribution in [0.25, 0.3) is 0 Å². The molecule has 0 atom stereocenters. The first kappa shape index (κ1) is 8.99. The Morgan fingerprint density at radius 1 is 1.58 bits per heavy atom. The van der Waals surface area contributed by atoms with Gasteiger partial charge in [-0.1, -0.05) is 0 Å². The van der Waals surface area contributed by atoms with Gasteiger partial charge in [-0.05, 0) is 13.8 Å². The van der Waals surface area contributed by atoms with Crippen molar-refractivity contribution in [2.75, 3.05) is 12.4 Å². The highest BCUT2D eigenvalue weighted by atomic mass is 32.1. The van der Waals surface area contributed by atoms with Crippen molar-refractivity contribution in [1.82, 2.24) is 4.98 Å². The number of thiazole rings is 1. The molecule has 66 valence electrons. The number of ether oxygens (including phenoxy) is 1. The Kier molecular flexibility index (Phi) is 2.65. The van der Waals surface area contributed by atoms with Crippen LogP contribution >= 0.6 is 11.3 Å². The molecule has 0 aromatic carbocycles. The minimum atomic E-state index is -0.457.